The van der Waals surface area contributed by atoms with Crippen molar-refractivity contribution in [3.8, 4) is 5.75 Å². The van der Waals surface area contributed by atoms with Crippen molar-refractivity contribution in [2.75, 3.05) is 13.7 Å². The Balaban J connectivity index is 1.75. The van der Waals surface area contributed by atoms with Gasteiger partial charge in [0.2, 0.25) is 0 Å². The number of benzene rings is 1. The van der Waals surface area contributed by atoms with Crippen molar-refractivity contribution in [1.82, 2.24) is 14.5 Å². The van der Waals surface area contributed by atoms with Crippen molar-refractivity contribution in [2.45, 2.75) is 39.5 Å². The van der Waals surface area contributed by atoms with E-state index in [-0.39, 0.29) is 12.0 Å². The first-order chi connectivity index (χ1) is 12.6. The molecule has 1 aromatic carbocycles. The molecule has 1 aromatic heterocycles. The lowest BCUT2D eigenvalue weighted by molar-refractivity contribution is -0.139. The molecule has 26 heavy (non-hydrogen) atoms. The van der Waals surface area contributed by atoms with E-state index in [1.807, 2.05) is 46.9 Å². The van der Waals surface area contributed by atoms with Gasteiger partial charge in [0.05, 0.1) is 25.7 Å². The molecule has 2 aromatic rings. The molecule has 1 fully saturated rings. The zero-order valence-electron chi connectivity index (χ0n) is 15.5. The predicted molar refractivity (Wildman–Crippen MR) is 99.5 cm³/mol. The van der Waals surface area contributed by atoms with E-state index in [1.165, 1.54) is 0 Å². The predicted octanol–water partition coefficient (Wildman–Crippen LogP) is 3.09. The van der Waals surface area contributed by atoms with Crippen LogP contribution in [-0.4, -0.2) is 40.1 Å². The molecule has 0 aliphatic carbocycles. The highest BCUT2D eigenvalue weighted by atomic mass is 16.5. The van der Waals surface area contributed by atoms with Gasteiger partial charge in [0.1, 0.15) is 11.9 Å². The first-order valence-electron chi connectivity index (χ1n) is 8.91. The Kier molecular flexibility index (Phi) is 5.61. The third-order valence-electron chi connectivity index (χ3n) is 4.25. The molecule has 1 aliphatic heterocycles. The second-order valence-electron chi connectivity index (χ2n) is 6.51. The van der Waals surface area contributed by atoms with Gasteiger partial charge in [0.25, 0.3) is 5.91 Å². The summed E-state index contributed by atoms with van der Waals surface area (Å²) in [4.78, 5) is 19.0. The van der Waals surface area contributed by atoms with Crippen LogP contribution in [0.2, 0.25) is 0 Å². The van der Waals surface area contributed by atoms with Gasteiger partial charge in [-0.2, -0.15) is 0 Å². The van der Waals surface area contributed by atoms with E-state index in [4.69, 9.17) is 9.47 Å². The Morgan fingerprint density at radius 2 is 2.12 bits per heavy atom. The summed E-state index contributed by atoms with van der Waals surface area (Å²) in [7, 11) is 1.64. The molecular weight excluding hydrogens is 330 g/mol. The molecule has 1 unspecified atom stereocenters. The fourth-order valence-corrected chi connectivity index (χ4v) is 3.00. The van der Waals surface area contributed by atoms with Gasteiger partial charge in [-0.15, -0.1) is 0 Å². The molecule has 6 nitrogen and oxygen atoms in total. The Morgan fingerprint density at radius 1 is 1.35 bits per heavy atom. The second kappa shape index (κ2) is 8.08. The van der Waals surface area contributed by atoms with Crippen LogP contribution in [0.1, 0.15) is 31.5 Å². The molecule has 3 rings (SSSR count). The van der Waals surface area contributed by atoms with E-state index >= 15 is 0 Å². The SMILES string of the molecule is CCCn1cnc(/C=C2/OC(C)CN(Cc3ccc(OC)cc3)C2=O)c1. The fourth-order valence-electron chi connectivity index (χ4n) is 3.00. The summed E-state index contributed by atoms with van der Waals surface area (Å²) in [5.74, 6) is 1.04. The number of hydrogen-bond donors (Lipinski definition) is 0. The van der Waals surface area contributed by atoms with Gasteiger partial charge >= 0.3 is 0 Å². The van der Waals surface area contributed by atoms with Crippen LogP contribution in [0, 0.1) is 0 Å². The number of methoxy groups -OCH3 is 1. The van der Waals surface area contributed by atoms with E-state index in [1.54, 1.807) is 19.5 Å². The molecule has 1 atom stereocenters. The third-order valence-corrected chi connectivity index (χ3v) is 4.25. The molecule has 2 heterocycles. The van der Waals surface area contributed by atoms with Gasteiger partial charge in [-0.05, 0) is 31.0 Å². The molecule has 0 saturated carbocycles. The maximum absolute atomic E-state index is 12.8. The summed E-state index contributed by atoms with van der Waals surface area (Å²) in [6.07, 6.45) is 6.41. The van der Waals surface area contributed by atoms with Crippen molar-refractivity contribution in [1.29, 1.82) is 0 Å². The molecule has 0 radical (unpaired) electrons. The van der Waals surface area contributed by atoms with Gasteiger partial charge < -0.3 is 18.9 Å². The van der Waals surface area contributed by atoms with Gasteiger partial charge in [-0.1, -0.05) is 19.1 Å². The highest BCUT2D eigenvalue weighted by molar-refractivity contribution is 5.96. The van der Waals surface area contributed by atoms with E-state index in [9.17, 15) is 4.79 Å². The van der Waals surface area contributed by atoms with E-state index in [0.717, 1.165) is 30.0 Å². The zero-order chi connectivity index (χ0) is 18.5. The molecule has 1 aliphatic rings. The summed E-state index contributed by atoms with van der Waals surface area (Å²) in [5, 5.41) is 0. The van der Waals surface area contributed by atoms with Crippen LogP contribution >= 0.6 is 0 Å². The first kappa shape index (κ1) is 18.0. The third kappa shape index (κ3) is 4.25. The summed E-state index contributed by atoms with van der Waals surface area (Å²) in [6, 6.07) is 7.76. The van der Waals surface area contributed by atoms with Crippen LogP contribution in [0.15, 0.2) is 42.5 Å². The number of ether oxygens (including phenoxy) is 2. The van der Waals surface area contributed by atoms with Crippen molar-refractivity contribution in [3.05, 3.63) is 53.8 Å². The van der Waals surface area contributed by atoms with Crippen LogP contribution in [0.25, 0.3) is 6.08 Å². The Morgan fingerprint density at radius 3 is 2.81 bits per heavy atom. The second-order valence-corrected chi connectivity index (χ2v) is 6.51. The fraction of sp³-hybridized carbons (Fsp3) is 0.400. The van der Waals surface area contributed by atoms with Crippen molar-refractivity contribution in [2.24, 2.45) is 0 Å². The Labute approximate surface area is 154 Å². The van der Waals surface area contributed by atoms with Gasteiger partial charge in [0.15, 0.2) is 5.76 Å². The standard InChI is InChI=1S/C20H25N3O3/c1-4-9-22-13-17(21-14-22)10-19-20(24)23(11-15(2)26-19)12-16-5-7-18(25-3)8-6-16/h5-8,10,13-15H,4,9,11-12H2,1-3H3/b19-10+. The van der Waals surface area contributed by atoms with E-state index in [2.05, 4.69) is 11.9 Å². The van der Waals surface area contributed by atoms with Gasteiger partial charge in [0, 0.05) is 25.4 Å². The number of aryl methyl sites for hydroxylation is 1. The molecule has 0 N–H and O–H groups in total. The normalized spacial score (nSPS) is 18.9. The maximum Gasteiger partial charge on any atom is 0.289 e. The van der Waals surface area contributed by atoms with Gasteiger partial charge in [-0.3, -0.25) is 4.79 Å². The van der Waals surface area contributed by atoms with Crippen molar-refractivity contribution < 1.29 is 14.3 Å². The average Bonchev–Trinajstić information content (AvgIpc) is 3.07. The number of amides is 1. The monoisotopic (exact) mass is 355 g/mol. The van der Waals surface area contributed by atoms with Crippen LogP contribution in [-0.2, 0) is 22.6 Å². The number of nitrogens with zero attached hydrogens (tertiary/aromatic N) is 3. The number of carbonyl (C=O) groups is 1. The Hall–Kier alpha value is -2.76. The van der Waals surface area contributed by atoms with Crippen LogP contribution in [0.4, 0.5) is 0 Å². The number of aromatic nitrogens is 2. The summed E-state index contributed by atoms with van der Waals surface area (Å²) in [6.45, 7) is 6.09. The lowest BCUT2D eigenvalue weighted by atomic mass is 10.1. The van der Waals surface area contributed by atoms with Crippen LogP contribution < -0.4 is 4.74 Å². The number of hydrogen-bond acceptors (Lipinski definition) is 4. The van der Waals surface area contributed by atoms with Crippen LogP contribution in [0.5, 0.6) is 5.75 Å². The molecule has 0 bridgehead atoms. The molecular formula is C20H25N3O3. The summed E-state index contributed by atoms with van der Waals surface area (Å²) < 4.78 is 13.0. The zero-order valence-corrected chi connectivity index (χ0v) is 15.5. The molecule has 138 valence electrons. The Bertz CT molecular complexity index is 780. The smallest absolute Gasteiger partial charge is 0.289 e. The largest absolute Gasteiger partial charge is 0.497 e. The van der Waals surface area contributed by atoms with E-state index < -0.39 is 0 Å². The van der Waals surface area contributed by atoms with Crippen molar-refractivity contribution >= 4 is 12.0 Å². The quantitative estimate of drug-likeness (QED) is 0.747. The van der Waals surface area contributed by atoms with Gasteiger partial charge in [-0.25, -0.2) is 4.98 Å². The number of carbonyl (C=O) groups excluding carboxylic acids is 1. The minimum Gasteiger partial charge on any atom is -0.497 e. The average molecular weight is 355 g/mol. The number of morpholine rings is 1. The molecule has 1 saturated heterocycles. The topological polar surface area (TPSA) is 56.6 Å². The van der Waals surface area contributed by atoms with Crippen molar-refractivity contribution in [3.63, 3.8) is 0 Å². The highest BCUT2D eigenvalue weighted by Gasteiger charge is 2.29. The minimum absolute atomic E-state index is 0.0603. The number of imidazole rings is 1. The summed E-state index contributed by atoms with van der Waals surface area (Å²) >= 11 is 0. The van der Waals surface area contributed by atoms with Crippen LogP contribution in [0.3, 0.4) is 0 Å². The number of rotatable bonds is 6. The minimum atomic E-state index is -0.107. The highest BCUT2D eigenvalue weighted by Crippen LogP contribution is 2.21. The molecule has 1 amide bonds. The lowest BCUT2D eigenvalue weighted by Gasteiger charge is -2.33. The first-order valence-corrected chi connectivity index (χ1v) is 8.91. The van der Waals surface area contributed by atoms with E-state index in [0.29, 0.717) is 18.8 Å². The molecule has 6 heteroatoms. The lowest BCUT2D eigenvalue weighted by Crippen LogP contribution is -2.43. The summed E-state index contributed by atoms with van der Waals surface area (Å²) in [5.41, 5.74) is 1.79. The maximum atomic E-state index is 12.8. The molecule has 0 spiro atoms.